The highest BCUT2D eigenvalue weighted by Crippen LogP contribution is 2.42. The predicted molar refractivity (Wildman–Crippen MR) is 117 cm³/mol. The maximum Gasteiger partial charge on any atom is 0.346 e. The van der Waals surface area contributed by atoms with Gasteiger partial charge in [0.2, 0.25) is 11.9 Å². The summed E-state index contributed by atoms with van der Waals surface area (Å²) in [6.45, 7) is 6.41. The van der Waals surface area contributed by atoms with Gasteiger partial charge in [0.05, 0.1) is 18.6 Å². The molecule has 1 aliphatic rings. The van der Waals surface area contributed by atoms with Gasteiger partial charge in [0.25, 0.3) is 0 Å². The lowest BCUT2D eigenvalue weighted by Gasteiger charge is -2.33. The van der Waals surface area contributed by atoms with Crippen molar-refractivity contribution in [3.8, 4) is 12.3 Å². The fraction of sp³-hybridized carbons (Fsp3) is 0.542. The van der Waals surface area contributed by atoms with Gasteiger partial charge in [-0.15, -0.1) is 6.42 Å². The van der Waals surface area contributed by atoms with Crippen LogP contribution in [0, 0.1) is 17.8 Å². The number of carbonyl (C=O) groups is 4. The normalized spacial score (nSPS) is 25.5. The third kappa shape index (κ3) is 5.79. The molecule has 0 amide bonds. The molecule has 2 unspecified atom stereocenters. The van der Waals surface area contributed by atoms with Crippen LogP contribution in [0.5, 0.6) is 0 Å². The van der Waals surface area contributed by atoms with Crippen LogP contribution in [-0.2, 0) is 49.3 Å². The first kappa shape index (κ1) is 27.0. The SMILES string of the molecule is C#C[C@@]1(C)[C@@H](COC(Cc2ccncc2)(C(C)=O)C(=O)OCC)OC(OC(C)=O)[C@@H]1OC(C)=O. The lowest BCUT2D eigenvalue weighted by Crippen LogP contribution is -2.53. The summed E-state index contributed by atoms with van der Waals surface area (Å²) in [5.74, 6) is -0.251. The number of pyridine rings is 1. The molecule has 2 rings (SSSR count). The number of esters is 3. The van der Waals surface area contributed by atoms with E-state index in [0.717, 1.165) is 0 Å². The van der Waals surface area contributed by atoms with Crippen molar-refractivity contribution in [2.24, 2.45) is 5.41 Å². The Balaban J connectivity index is 2.40. The second kappa shape index (κ2) is 11.2. The number of nitrogens with zero attached hydrogens (tertiary/aromatic N) is 1. The number of hydrogen-bond donors (Lipinski definition) is 0. The van der Waals surface area contributed by atoms with Crippen LogP contribution in [0.1, 0.15) is 40.2 Å². The number of ether oxygens (including phenoxy) is 5. The van der Waals surface area contributed by atoms with Gasteiger partial charge in [-0.3, -0.25) is 19.4 Å². The molecular formula is C24H29NO9. The Bertz CT molecular complexity index is 957. The van der Waals surface area contributed by atoms with Gasteiger partial charge in [-0.1, -0.05) is 5.92 Å². The quantitative estimate of drug-likeness (QED) is 0.212. The van der Waals surface area contributed by atoms with Crippen molar-refractivity contribution in [1.29, 1.82) is 0 Å². The average Bonchev–Trinajstić information content (AvgIpc) is 3.02. The maximum atomic E-state index is 13.0. The van der Waals surface area contributed by atoms with Crippen molar-refractivity contribution in [2.45, 2.75) is 65.1 Å². The number of aromatic nitrogens is 1. The summed E-state index contributed by atoms with van der Waals surface area (Å²) < 4.78 is 27.4. The summed E-state index contributed by atoms with van der Waals surface area (Å²) in [4.78, 5) is 52.9. The zero-order chi connectivity index (χ0) is 25.5. The lowest BCUT2D eigenvalue weighted by molar-refractivity contribution is -0.201. The predicted octanol–water partition coefficient (Wildman–Crippen LogP) is 1.39. The van der Waals surface area contributed by atoms with Crippen molar-refractivity contribution in [1.82, 2.24) is 4.98 Å². The molecule has 1 aliphatic heterocycles. The zero-order valence-electron chi connectivity index (χ0n) is 19.9. The van der Waals surface area contributed by atoms with Gasteiger partial charge in [-0.2, -0.15) is 0 Å². The minimum absolute atomic E-state index is 0.0264. The fourth-order valence-electron chi connectivity index (χ4n) is 3.64. The first-order chi connectivity index (χ1) is 16.0. The van der Waals surface area contributed by atoms with E-state index in [4.69, 9.17) is 30.1 Å². The van der Waals surface area contributed by atoms with Gasteiger partial charge in [-0.25, -0.2) is 4.79 Å². The van der Waals surface area contributed by atoms with Crippen LogP contribution >= 0.6 is 0 Å². The van der Waals surface area contributed by atoms with Crippen LogP contribution in [0.25, 0.3) is 0 Å². The van der Waals surface area contributed by atoms with E-state index in [9.17, 15) is 19.2 Å². The molecule has 0 radical (unpaired) electrons. The topological polar surface area (TPSA) is 127 Å². The van der Waals surface area contributed by atoms with Crippen molar-refractivity contribution >= 4 is 23.7 Å². The molecule has 1 fully saturated rings. The van der Waals surface area contributed by atoms with Crippen molar-refractivity contribution < 1.29 is 42.9 Å². The summed E-state index contributed by atoms with van der Waals surface area (Å²) in [5, 5.41) is 0. The minimum Gasteiger partial charge on any atom is -0.463 e. The third-order valence-corrected chi connectivity index (χ3v) is 5.55. The molecule has 5 atom stereocenters. The van der Waals surface area contributed by atoms with Crippen molar-refractivity contribution in [3.05, 3.63) is 30.1 Å². The second-order valence-electron chi connectivity index (χ2n) is 8.01. The molecule has 1 aromatic rings. The largest absolute Gasteiger partial charge is 0.463 e. The zero-order valence-corrected chi connectivity index (χ0v) is 19.9. The first-order valence-electron chi connectivity index (χ1n) is 10.7. The molecule has 0 aromatic carbocycles. The second-order valence-corrected chi connectivity index (χ2v) is 8.01. The summed E-state index contributed by atoms with van der Waals surface area (Å²) in [6.07, 6.45) is 5.25. The van der Waals surface area contributed by atoms with E-state index in [1.807, 2.05) is 0 Å². The molecule has 0 saturated carbocycles. The molecule has 10 nitrogen and oxygen atoms in total. The first-order valence-corrected chi connectivity index (χ1v) is 10.7. The number of carbonyl (C=O) groups excluding carboxylic acids is 4. The Morgan fingerprint density at radius 3 is 2.26 bits per heavy atom. The third-order valence-electron chi connectivity index (χ3n) is 5.55. The van der Waals surface area contributed by atoms with E-state index in [2.05, 4.69) is 10.9 Å². The summed E-state index contributed by atoms with van der Waals surface area (Å²) >= 11 is 0. The van der Waals surface area contributed by atoms with Crippen molar-refractivity contribution in [2.75, 3.05) is 13.2 Å². The number of terminal acetylenes is 1. The molecule has 1 aromatic heterocycles. The molecule has 2 heterocycles. The van der Waals surface area contributed by atoms with Gasteiger partial charge in [0, 0.05) is 32.7 Å². The highest BCUT2D eigenvalue weighted by atomic mass is 16.7. The minimum atomic E-state index is -1.99. The average molecular weight is 475 g/mol. The Morgan fingerprint density at radius 2 is 1.76 bits per heavy atom. The number of Topliss-reactive ketones (excluding diaryl/α,β-unsaturated/α-hetero) is 1. The van der Waals surface area contributed by atoms with E-state index in [1.54, 1.807) is 26.0 Å². The van der Waals surface area contributed by atoms with Crippen molar-refractivity contribution in [3.63, 3.8) is 0 Å². The van der Waals surface area contributed by atoms with Crippen LogP contribution in [0.4, 0.5) is 0 Å². The molecule has 0 bridgehead atoms. The Hall–Kier alpha value is -3.29. The highest BCUT2D eigenvalue weighted by Gasteiger charge is 2.58. The van der Waals surface area contributed by atoms with E-state index in [-0.39, 0.29) is 19.6 Å². The highest BCUT2D eigenvalue weighted by molar-refractivity contribution is 6.06. The molecule has 1 saturated heterocycles. The summed E-state index contributed by atoms with van der Waals surface area (Å²) in [5.41, 5.74) is -2.69. The van der Waals surface area contributed by atoms with Gasteiger partial charge in [0.15, 0.2) is 11.9 Å². The maximum absolute atomic E-state index is 13.0. The molecule has 184 valence electrons. The standard InChI is InChI=1S/C24H29NO9/c1-7-23(6)19(34-21(33-17(5)28)20(23)32-16(4)27)14-31-24(15(3)26,22(29)30-8-2)13-18-9-11-25-12-10-18/h1,9-12,19-21H,8,13-14H2,2-6H3/t19-,20+,21?,23+,24?/m1/s1. The van der Waals surface area contributed by atoms with Crippen LogP contribution in [-0.4, -0.2) is 66.0 Å². The Morgan fingerprint density at radius 1 is 1.15 bits per heavy atom. The Labute approximate surface area is 198 Å². The number of rotatable bonds is 10. The van der Waals surface area contributed by atoms with E-state index in [1.165, 1.54) is 33.2 Å². The molecule has 0 aliphatic carbocycles. The molecule has 0 N–H and O–H groups in total. The van der Waals surface area contributed by atoms with E-state index < -0.39 is 53.2 Å². The van der Waals surface area contributed by atoms with Gasteiger partial charge < -0.3 is 23.7 Å². The molecular weight excluding hydrogens is 446 g/mol. The molecule has 34 heavy (non-hydrogen) atoms. The van der Waals surface area contributed by atoms with Gasteiger partial charge >= 0.3 is 17.9 Å². The lowest BCUT2D eigenvalue weighted by atomic mass is 9.81. The van der Waals surface area contributed by atoms with Crippen LogP contribution in [0.15, 0.2) is 24.5 Å². The Kier molecular flexibility index (Phi) is 8.90. The van der Waals surface area contributed by atoms with E-state index in [0.29, 0.717) is 5.56 Å². The smallest absolute Gasteiger partial charge is 0.346 e. The fourth-order valence-corrected chi connectivity index (χ4v) is 3.64. The van der Waals surface area contributed by atoms with Crippen LogP contribution in [0.3, 0.4) is 0 Å². The summed E-state index contributed by atoms with van der Waals surface area (Å²) in [6, 6.07) is 3.29. The monoisotopic (exact) mass is 475 g/mol. The molecule has 10 heteroatoms. The van der Waals surface area contributed by atoms with Crippen LogP contribution < -0.4 is 0 Å². The van der Waals surface area contributed by atoms with Crippen LogP contribution in [0.2, 0.25) is 0 Å². The van der Waals surface area contributed by atoms with Gasteiger partial charge in [-0.05, 0) is 38.5 Å². The summed E-state index contributed by atoms with van der Waals surface area (Å²) in [7, 11) is 0. The molecule has 0 spiro atoms. The van der Waals surface area contributed by atoms with Gasteiger partial charge in [0.1, 0.15) is 6.10 Å². The van der Waals surface area contributed by atoms with E-state index >= 15 is 0 Å². The number of ketones is 1. The number of hydrogen-bond acceptors (Lipinski definition) is 10.